The maximum atomic E-state index is 13.0. The number of aliphatic hydroxyl groups excluding tert-OH is 2. The number of aliphatic hydroxyl groups is 2. The maximum Gasteiger partial charge on any atom is 0.374 e. The van der Waals surface area contributed by atoms with Gasteiger partial charge in [-0.3, -0.25) is 14.4 Å². The lowest BCUT2D eigenvalue weighted by Crippen LogP contribution is -2.39. The number of ketones is 1. The van der Waals surface area contributed by atoms with Crippen molar-refractivity contribution in [2.45, 2.75) is 79.1 Å². The molecular formula is C32H40O9. The number of rotatable bonds is 12. The Morgan fingerprint density at radius 1 is 1.10 bits per heavy atom. The average molecular weight is 569 g/mol. The molecule has 1 heterocycles. The topological polar surface area (TPSA) is 136 Å². The van der Waals surface area contributed by atoms with Crippen molar-refractivity contribution in [1.82, 2.24) is 0 Å². The second-order valence-corrected chi connectivity index (χ2v) is 10.8. The first-order valence-electron chi connectivity index (χ1n) is 13.4. The van der Waals surface area contributed by atoms with Gasteiger partial charge < -0.3 is 24.4 Å². The summed E-state index contributed by atoms with van der Waals surface area (Å²) >= 11 is 0. The van der Waals surface area contributed by atoms with Crippen molar-refractivity contribution in [2.75, 3.05) is 6.61 Å². The van der Waals surface area contributed by atoms with Crippen molar-refractivity contribution < 1.29 is 43.6 Å². The molecule has 0 saturated carbocycles. The summed E-state index contributed by atoms with van der Waals surface area (Å²) in [6, 6.07) is 0. The van der Waals surface area contributed by atoms with Crippen LogP contribution in [0.5, 0.6) is 0 Å². The number of allylic oxidation sites excluding steroid dienone is 10. The van der Waals surface area contributed by atoms with E-state index in [2.05, 4.69) is 6.58 Å². The van der Waals surface area contributed by atoms with E-state index in [9.17, 15) is 29.4 Å². The van der Waals surface area contributed by atoms with Crippen molar-refractivity contribution >= 4 is 23.7 Å². The monoisotopic (exact) mass is 568 g/mol. The molecule has 0 spiro atoms. The van der Waals surface area contributed by atoms with Gasteiger partial charge in [0.1, 0.15) is 12.7 Å². The van der Waals surface area contributed by atoms with Crippen LogP contribution < -0.4 is 0 Å². The summed E-state index contributed by atoms with van der Waals surface area (Å²) < 4.78 is 15.2. The number of carbonyl (C=O) groups excluding carboxylic acids is 4. The Kier molecular flexibility index (Phi) is 11.8. The first-order chi connectivity index (χ1) is 19.2. The molecule has 222 valence electrons. The average Bonchev–Trinajstić information content (AvgIpc) is 3.16. The van der Waals surface area contributed by atoms with Gasteiger partial charge in [-0.1, -0.05) is 74.1 Å². The lowest BCUT2D eigenvalue weighted by atomic mass is 9.71. The molecule has 9 nitrogen and oxygen atoms in total. The summed E-state index contributed by atoms with van der Waals surface area (Å²) in [5.41, 5.74) is 3.14. The van der Waals surface area contributed by atoms with E-state index >= 15 is 0 Å². The lowest BCUT2D eigenvalue weighted by molar-refractivity contribution is -0.160. The zero-order valence-corrected chi connectivity index (χ0v) is 24.6. The zero-order chi connectivity index (χ0) is 30.9. The van der Waals surface area contributed by atoms with Gasteiger partial charge in [-0.2, -0.15) is 0 Å². The highest BCUT2D eigenvalue weighted by Crippen LogP contribution is 2.41. The van der Waals surface area contributed by atoms with Crippen molar-refractivity contribution in [2.24, 2.45) is 5.41 Å². The highest BCUT2D eigenvalue weighted by Gasteiger charge is 2.40. The molecule has 0 saturated heterocycles. The quantitative estimate of drug-likeness (QED) is 0.192. The van der Waals surface area contributed by atoms with E-state index in [1.54, 1.807) is 13.0 Å². The van der Waals surface area contributed by atoms with Crippen LogP contribution in [0.1, 0.15) is 60.8 Å². The largest absolute Gasteiger partial charge is 0.502 e. The minimum atomic E-state index is -1.38. The molecule has 0 amide bonds. The van der Waals surface area contributed by atoms with Gasteiger partial charge in [0.05, 0.1) is 12.8 Å². The van der Waals surface area contributed by atoms with Crippen molar-refractivity contribution in [1.29, 1.82) is 0 Å². The normalized spacial score (nSPS) is 22.4. The molecule has 2 N–H and O–H groups in total. The number of carbonyl (C=O) groups is 4. The first kappa shape index (κ1) is 33.2. The van der Waals surface area contributed by atoms with Crippen molar-refractivity contribution in [3.63, 3.8) is 0 Å². The van der Waals surface area contributed by atoms with Gasteiger partial charge in [0.15, 0.2) is 18.0 Å². The van der Waals surface area contributed by atoms with Gasteiger partial charge in [-0.25, -0.2) is 4.79 Å². The molecule has 0 bridgehead atoms. The van der Waals surface area contributed by atoms with Gasteiger partial charge >= 0.3 is 17.9 Å². The molecule has 41 heavy (non-hydrogen) atoms. The van der Waals surface area contributed by atoms with E-state index < -0.39 is 54.0 Å². The first-order valence-corrected chi connectivity index (χ1v) is 13.4. The number of hydrogen-bond acceptors (Lipinski definition) is 9. The molecule has 3 atom stereocenters. The number of ether oxygens (including phenoxy) is 3. The molecule has 1 aliphatic carbocycles. The number of Topliss-reactive ketones (excluding diaryl/α,β-unsaturated/α-hetero) is 1. The molecule has 0 aromatic rings. The highest BCUT2D eigenvalue weighted by atomic mass is 16.6. The minimum Gasteiger partial charge on any atom is -0.502 e. The van der Waals surface area contributed by atoms with E-state index in [-0.39, 0.29) is 24.2 Å². The second kappa shape index (κ2) is 14.6. The number of esters is 3. The van der Waals surface area contributed by atoms with Crippen molar-refractivity contribution in [3.8, 4) is 0 Å². The summed E-state index contributed by atoms with van der Waals surface area (Å²) in [4.78, 5) is 48.9. The third-order valence-corrected chi connectivity index (χ3v) is 6.90. The Hall–Kier alpha value is -3.98. The van der Waals surface area contributed by atoms with Crippen LogP contribution in [-0.4, -0.2) is 58.8 Å². The van der Waals surface area contributed by atoms with Gasteiger partial charge in [-0.15, -0.1) is 0 Å². The Morgan fingerprint density at radius 3 is 2.34 bits per heavy atom. The predicted octanol–water partition coefficient (Wildman–Crippen LogP) is 4.85. The number of hydrogen-bond donors (Lipinski definition) is 2. The van der Waals surface area contributed by atoms with Crippen LogP contribution in [0.3, 0.4) is 0 Å². The Labute approximate surface area is 241 Å². The summed E-state index contributed by atoms with van der Waals surface area (Å²) in [5, 5.41) is 19.6. The molecule has 0 radical (unpaired) electrons. The standard InChI is InChI=1S/C32H40O9/c1-8-10-19(2)11-9-12-20(3)13-14-23-21(4)28(36)25(17-32(23,6)7)40-27(35)16-15-26(34)39-18-24(33)30-22(5)29(37)31(38)41-30/h8-14,24-25,30,33,37H,1,15-18H2,2-7H3/b11-9+,14-13+,19-10+,20-12+. The van der Waals surface area contributed by atoms with Crippen LogP contribution in [0.2, 0.25) is 0 Å². The Morgan fingerprint density at radius 2 is 1.73 bits per heavy atom. The van der Waals surface area contributed by atoms with Crippen LogP contribution >= 0.6 is 0 Å². The fraction of sp³-hybridized carbons (Fsp3) is 0.438. The maximum absolute atomic E-state index is 13.0. The Balaban J connectivity index is 1.92. The molecule has 0 aromatic heterocycles. The molecule has 0 fully saturated rings. The zero-order valence-electron chi connectivity index (χ0n) is 24.6. The van der Waals surface area contributed by atoms with E-state index in [1.807, 2.05) is 64.2 Å². The second-order valence-electron chi connectivity index (χ2n) is 10.8. The summed E-state index contributed by atoms with van der Waals surface area (Å²) in [7, 11) is 0. The SMILES string of the molecule is C=C/C=C(C)/C=C/C=C(C)/C=C/C1=C(C)C(=O)C(OC(=O)CCC(=O)OCC(O)C2OC(=O)C(O)=C2C)CC1(C)C. The van der Waals surface area contributed by atoms with E-state index in [1.165, 1.54) is 6.92 Å². The predicted molar refractivity (Wildman–Crippen MR) is 153 cm³/mol. The summed E-state index contributed by atoms with van der Waals surface area (Å²) in [5.74, 6) is -3.33. The van der Waals surface area contributed by atoms with Crippen LogP contribution in [0.4, 0.5) is 0 Å². The Bertz CT molecular complexity index is 1250. The summed E-state index contributed by atoms with van der Waals surface area (Å²) in [6.45, 7) is 14.2. The third-order valence-electron chi connectivity index (χ3n) is 6.90. The van der Waals surface area contributed by atoms with Crippen molar-refractivity contribution in [3.05, 3.63) is 82.7 Å². The highest BCUT2D eigenvalue weighted by molar-refractivity contribution is 6.01. The fourth-order valence-electron chi connectivity index (χ4n) is 4.54. The van der Waals surface area contributed by atoms with Crippen LogP contribution in [0, 0.1) is 5.41 Å². The molecule has 0 aromatic carbocycles. The number of cyclic esters (lactones) is 1. The van der Waals surface area contributed by atoms with Gasteiger partial charge in [-0.05, 0) is 44.3 Å². The molecule has 3 unspecified atom stereocenters. The van der Waals surface area contributed by atoms with Crippen LogP contribution in [0.25, 0.3) is 0 Å². The molecule has 9 heteroatoms. The van der Waals surface area contributed by atoms with Gasteiger partial charge in [0.25, 0.3) is 0 Å². The third kappa shape index (κ3) is 9.28. The molecule has 1 aliphatic heterocycles. The van der Waals surface area contributed by atoms with Crippen LogP contribution in [0.15, 0.2) is 82.7 Å². The van der Waals surface area contributed by atoms with Gasteiger partial charge in [0, 0.05) is 12.0 Å². The van der Waals surface area contributed by atoms with E-state index in [0.717, 1.165) is 16.7 Å². The fourth-order valence-corrected chi connectivity index (χ4v) is 4.54. The van der Waals surface area contributed by atoms with Crippen LogP contribution in [-0.2, 0) is 33.4 Å². The smallest absolute Gasteiger partial charge is 0.374 e. The van der Waals surface area contributed by atoms with E-state index in [4.69, 9.17) is 14.2 Å². The molecule has 2 rings (SSSR count). The van der Waals surface area contributed by atoms with E-state index in [0.29, 0.717) is 12.0 Å². The van der Waals surface area contributed by atoms with Gasteiger partial charge in [0.2, 0.25) is 5.76 Å². The molecular weight excluding hydrogens is 528 g/mol. The minimum absolute atomic E-state index is 0.136. The molecule has 2 aliphatic rings. The summed E-state index contributed by atoms with van der Waals surface area (Å²) in [6.07, 6.45) is 9.56. The lowest BCUT2D eigenvalue weighted by Gasteiger charge is -2.36.